The van der Waals surface area contributed by atoms with E-state index in [1.807, 2.05) is 11.8 Å². The topological polar surface area (TPSA) is 88.4 Å². The molecular weight excluding hydrogens is 280 g/mol. The molecule has 0 radical (unpaired) electrons. The molecule has 7 nitrogen and oxygen atoms in total. The summed E-state index contributed by atoms with van der Waals surface area (Å²) in [6.07, 6.45) is 1.21. The molecule has 0 spiro atoms. The van der Waals surface area contributed by atoms with E-state index in [4.69, 9.17) is 0 Å². The molecule has 1 unspecified atom stereocenters. The average Bonchev–Trinajstić information content (AvgIpc) is 2.48. The van der Waals surface area contributed by atoms with E-state index in [0.717, 1.165) is 26.2 Å². The van der Waals surface area contributed by atoms with Crippen molar-refractivity contribution < 1.29 is 9.72 Å². The van der Waals surface area contributed by atoms with E-state index in [0.29, 0.717) is 5.03 Å². The van der Waals surface area contributed by atoms with Gasteiger partial charge in [0.1, 0.15) is 6.20 Å². The van der Waals surface area contributed by atoms with Gasteiger partial charge in [-0.25, -0.2) is 4.98 Å². The van der Waals surface area contributed by atoms with Gasteiger partial charge in [-0.1, -0.05) is 11.8 Å². The summed E-state index contributed by atoms with van der Waals surface area (Å²) in [6, 6.07) is 2.97. The lowest BCUT2D eigenvalue weighted by atomic mass is 10.3. The minimum absolute atomic E-state index is 0.0459. The first kappa shape index (κ1) is 14.7. The standard InChI is InChI=1S/C12H16N4O3S/c1-9(12(17)15-6-4-13-5-7-15)20-11-3-2-10(8-14-11)16(18)19/h2-3,8-9,13H,4-7H2,1H3. The Morgan fingerprint density at radius 3 is 2.75 bits per heavy atom. The number of carbonyl (C=O) groups is 1. The monoisotopic (exact) mass is 296 g/mol. The van der Waals surface area contributed by atoms with Gasteiger partial charge >= 0.3 is 0 Å². The Morgan fingerprint density at radius 2 is 2.20 bits per heavy atom. The molecule has 1 aromatic rings. The van der Waals surface area contributed by atoms with Crippen LogP contribution in [-0.2, 0) is 4.79 Å². The zero-order valence-corrected chi connectivity index (χ0v) is 11.9. The van der Waals surface area contributed by atoms with Gasteiger partial charge in [0.2, 0.25) is 5.91 Å². The smallest absolute Gasteiger partial charge is 0.287 e. The Bertz CT molecular complexity index is 488. The Labute approximate surface area is 120 Å². The maximum absolute atomic E-state index is 12.2. The highest BCUT2D eigenvalue weighted by molar-refractivity contribution is 8.00. The Hall–Kier alpha value is -1.67. The molecule has 108 valence electrons. The highest BCUT2D eigenvalue weighted by Crippen LogP contribution is 2.24. The predicted molar refractivity (Wildman–Crippen MR) is 75.7 cm³/mol. The number of pyridine rings is 1. The zero-order chi connectivity index (χ0) is 14.5. The van der Waals surface area contributed by atoms with E-state index in [9.17, 15) is 14.9 Å². The maximum Gasteiger partial charge on any atom is 0.287 e. The van der Waals surface area contributed by atoms with Crippen LogP contribution in [0.5, 0.6) is 0 Å². The molecule has 2 rings (SSSR count). The summed E-state index contributed by atoms with van der Waals surface area (Å²) in [6.45, 7) is 4.91. The van der Waals surface area contributed by atoms with Crippen molar-refractivity contribution in [1.29, 1.82) is 0 Å². The molecule has 0 aliphatic carbocycles. The summed E-state index contributed by atoms with van der Waals surface area (Å²) in [7, 11) is 0. The zero-order valence-electron chi connectivity index (χ0n) is 11.1. The number of nitrogens with one attached hydrogen (secondary N) is 1. The van der Waals surface area contributed by atoms with Crippen molar-refractivity contribution in [2.45, 2.75) is 17.2 Å². The Kier molecular flexibility index (Phi) is 4.91. The fourth-order valence-corrected chi connectivity index (χ4v) is 2.80. The summed E-state index contributed by atoms with van der Waals surface area (Å²) < 4.78 is 0. The van der Waals surface area contributed by atoms with Crippen molar-refractivity contribution in [3.05, 3.63) is 28.4 Å². The van der Waals surface area contributed by atoms with Crippen LogP contribution in [0.1, 0.15) is 6.92 Å². The molecule has 1 aliphatic rings. The average molecular weight is 296 g/mol. The van der Waals surface area contributed by atoms with Gasteiger partial charge in [-0.05, 0) is 13.0 Å². The number of nitro groups is 1. The lowest BCUT2D eigenvalue weighted by Gasteiger charge is -2.29. The van der Waals surface area contributed by atoms with Crippen LogP contribution >= 0.6 is 11.8 Å². The number of hydrogen-bond donors (Lipinski definition) is 1. The number of hydrogen-bond acceptors (Lipinski definition) is 6. The third-order valence-electron chi connectivity index (χ3n) is 3.01. The first-order valence-corrected chi connectivity index (χ1v) is 7.22. The molecule has 1 N–H and O–H groups in total. The summed E-state index contributed by atoms with van der Waals surface area (Å²) in [5.74, 6) is 0.0802. The second kappa shape index (κ2) is 6.67. The van der Waals surface area contributed by atoms with Crippen molar-refractivity contribution in [2.24, 2.45) is 0 Å². The lowest BCUT2D eigenvalue weighted by molar-refractivity contribution is -0.385. The molecule has 20 heavy (non-hydrogen) atoms. The van der Waals surface area contributed by atoms with Crippen LogP contribution in [0, 0.1) is 10.1 Å². The molecule has 8 heteroatoms. The molecule has 0 aromatic carbocycles. The van der Waals surface area contributed by atoms with E-state index in [1.54, 1.807) is 6.07 Å². The van der Waals surface area contributed by atoms with Crippen LogP contribution in [0.15, 0.2) is 23.4 Å². The van der Waals surface area contributed by atoms with Crippen molar-refractivity contribution in [3.8, 4) is 0 Å². The van der Waals surface area contributed by atoms with E-state index in [1.165, 1.54) is 24.0 Å². The van der Waals surface area contributed by atoms with Gasteiger partial charge in [0, 0.05) is 32.2 Å². The van der Waals surface area contributed by atoms with E-state index in [-0.39, 0.29) is 16.8 Å². The number of piperazine rings is 1. The summed E-state index contributed by atoms with van der Waals surface area (Å²) in [4.78, 5) is 28.1. The van der Waals surface area contributed by atoms with E-state index < -0.39 is 4.92 Å². The van der Waals surface area contributed by atoms with Gasteiger partial charge in [0.25, 0.3) is 5.69 Å². The SMILES string of the molecule is CC(Sc1ccc([N+](=O)[O-])cn1)C(=O)N1CCNCC1. The molecule has 2 heterocycles. The summed E-state index contributed by atoms with van der Waals surface area (Å²) >= 11 is 1.32. The molecule has 1 fully saturated rings. The second-order valence-electron chi connectivity index (χ2n) is 4.45. The minimum atomic E-state index is -0.489. The molecule has 1 atom stereocenters. The number of rotatable bonds is 4. The molecule has 1 saturated heterocycles. The number of nitrogens with zero attached hydrogens (tertiary/aromatic N) is 3. The fourth-order valence-electron chi connectivity index (χ4n) is 1.92. The highest BCUT2D eigenvalue weighted by Gasteiger charge is 2.23. The number of aromatic nitrogens is 1. The Balaban J connectivity index is 1.94. The van der Waals surface area contributed by atoms with Gasteiger partial charge in [-0.2, -0.15) is 0 Å². The fraction of sp³-hybridized carbons (Fsp3) is 0.500. The van der Waals surface area contributed by atoms with Crippen LogP contribution in [0.3, 0.4) is 0 Å². The number of carbonyl (C=O) groups excluding carboxylic acids is 1. The van der Waals surface area contributed by atoms with Crippen molar-refractivity contribution >= 4 is 23.4 Å². The highest BCUT2D eigenvalue weighted by atomic mass is 32.2. The number of thioether (sulfide) groups is 1. The van der Waals surface area contributed by atoms with E-state index >= 15 is 0 Å². The summed E-state index contributed by atoms with van der Waals surface area (Å²) in [5, 5.41) is 14.1. The van der Waals surface area contributed by atoms with Gasteiger partial charge < -0.3 is 10.2 Å². The normalized spacial score (nSPS) is 16.8. The Morgan fingerprint density at radius 1 is 1.50 bits per heavy atom. The third-order valence-corrected chi connectivity index (χ3v) is 4.04. The molecule has 0 saturated carbocycles. The maximum atomic E-state index is 12.2. The van der Waals surface area contributed by atoms with E-state index in [2.05, 4.69) is 10.3 Å². The lowest BCUT2D eigenvalue weighted by Crippen LogP contribution is -2.48. The largest absolute Gasteiger partial charge is 0.339 e. The van der Waals surface area contributed by atoms with Crippen molar-refractivity contribution in [3.63, 3.8) is 0 Å². The second-order valence-corrected chi connectivity index (χ2v) is 5.81. The van der Waals surface area contributed by atoms with Gasteiger partial charge in [0.05, 0.1) is 15.2 Å². The van der Waals surface area contributed by atoms with Gasteiger partial charge in [-0.3, -0.25) is 14.9 Å². The minimum Gasteiger partial charge on any atom is -0.339 e. The van der Waals surface area contributed by atoms with Crippen LogP contribution in [0.25, 0.3) is 0 Å². The first-order chi connectivity index (χ1) is 9.58. The molecule has 1 aliphatic heterocycles. The van der Waals surface area contributed by atoms with Gasteiger partial charge in [0.15, 0.2) is 0 Å². The van der Waals surface area contributed by atoms with Crippen molar-refractivity contribution in [2.75, 3.05) is 26.2 Å². The third kappa shape index (κ3) is 3.67. The molecule has 1 aromatic heterocycles. The molecule has 1 amide bonds. The van der Waals surface area contributed by atoms with Crippen molar-refractivity contribution in [1.82, 2.24) is 15.2 Å². The van der Waals surface area contributed by atoms with Crippen LogP contribution in [0.4, 0.5) is 5.69 Å². The quantitative estimate of drug-likeness (QED) is 0.504. The van der Waals surface area contributed by atoms with Crippen LogP contribution < -0.4 is 5.32 Å². The van der Waals surface area contributed by atoms with Gasteiger partial charge in [-0.15, -0.1) is 0 Å². The van der Waals surface area contributed by atoms with Crippen LogP contribution in [0.2, 0.25) is 0 Å². The summed E-state index contributed by atoms with van der Waals surface area (Å²) in [5.41, 5.74) is -0.0459. The number of amides is 1. The predicted octanol–water partition coefficient (Wildman–Crippen LogP) is 0.902. The van der Waals surface area contributed by atoms with Crippen LogP contribution in [-0.4, -0.2) is 52.1 Å². The molecular formula is C12H16N4O3S. The first-order valence-electron chi connectivity index (χ1n) is 6.34. The molecule has 0 bridgehead atoms.